The Bertz CT molecular complexity index is 2100. The van der Waals surface area contributed by atoms with Gasteiger partial charge in [0, 0.05) is 55.7 Å². The molecule has 3 aromatic carbocycles. The molecule has 7 rings (SSSR count). The van der Waals surface area contributed by atoms with Gasteiger partial charge in [-0.15, -0.1) is 0 Å². The molecule has 1 aliphatic rings. The summed E-state index contributed by atoms with van der Waals surface area (Å²) in [6.45, 7) is 2.49. The summed E-state index contributed by atoms with van der Waals surface area (Å²) in [5.41, 5.74) is 13.1. The summed E-state index contributed by atoms with van der Waals surface area (Å²) in [7, 11) is 1.80. The monoisotopic (exact) mass is 637 g/mol. The van der Waals surface area contributed by atoms with Crippen molar-refractivity contribution in [1.29, 1.82) is 0 Å². The zero-order chi connectivity index (χ0) is 33.2. The van der Waals surface area contributed by atoms with Crippen LogP contribution in [0.25, 0.3) is 39.5 Å². The van der Waals surface area contributed by atoms with Crippen molar-refractivity contribution in [1.82, 2.24) is 29.3 Å². The molecular weight excluding hydrogens is 602 g/mol. The molecule has 240 valence electrons. The van der Waals surface area contributed by atoms with E-state index in [0.717, 1.165) is 66.1 Å². The van der Waals surface area contributed by atoms with E-state index in [2.05, 4.69) is 34.1 Å². The van der Waals surface area contributed by atoms with E-state index in [1.165, 1.54) is 17.7 Å². The van der Waals surface area contributed by atoms with E-state index >= 15 is 0 Å². The van der Waals surface area contributed by atoms with Gasteiger partial charge < -0.3 is 15.7 Å². The van der Waals surface area contributed by atoms with E-state index in [1.807, 2.05) is 59.2 Å². The molecule has 1 fully saturated rings. The zero-order valence-electron chi connectivity index (χ0n) is 26.5. The molecular formula is C38H35N7O3. The van der Waals surface area contributed by atoms with Gasteiger partial charge in [0.15, 0.2) is 17.8 Å². The molecule has 0 saturated carbocycles. The molecule has 10 nitrogen and oxygen atoms in total. The first-order valence-corrected chi connectivity index (χ1v) is 15.9. The number of piperidine rings is 1. The minimum absolute atomic E-state index is 0.0881. The van der Waals surface area contributed by atoms with Crippen molar-refractivity contribution in [2.45, 2.75) is 25.4 Å². The second kappa shape index (κ2) is 13.1. The Hall–Kier alpha value is -5.87. The summed E-state index contributed by atoms with van der Waals surface area (Å²) in [5.74, 6) is 0.730. The number of hydrogen-bond acceptors (Lipinski definition) is 8. The molecule has 1 aliphatic heterocycles. The Morgan fingerprint density at radius 3 is 2.44 bits per heavy atom. The average Bonchev–Trinajstić information content (AvgIpc) is 3.51. The van der Waals surface area contributed by atoms with Gasteiger partial charge in [-0.1, -0.05) is 42.5 Å². The number of imidazole rings is 1. The summed E-state index contributed by atoms with van der Waals surface area (Å²) in [6.07, 6.45) is 3.92. The van der Waals surface area contributed by atoms with E-state index in [9.17, 15) is 14.7 Å². The third-order valence-electron chi connectivity index (χ3n) is 9.08. The first kappa shape index (κ1) is 30.8. The Labute approximate surface area is 278 Å². The fourth-order valence-corrected chi connectivity index (χ4v) is 6.38. The third kappa shape index (κ3) is 6.01. The molecule has 1 saturated heterocycles. The molecule has 0 radical (unpaired) electrons. The lowest BCUT2D eigenvalue weighted by Gasteiger charge is -2.37. The number of nitrogens with zero attached hydrogens (tertiary/aromatic N) is 6. The van der Waals surface area contributed by atoms with E-state index in [1.54, 1.807) is 24.2 Å². The van der Waals surface area contributed by atoms with E-state index in [4.69, 9.17) is 15.7 Å². The van der Waals surface area contributed by atoms with Crippen LogP contribution in [0, 0.1) is 0 Å². The number of phenolic OH excluding ortho intramolecular Hbond substituents is 1. The first-order chi connectivity index (χ1) is 23.4. The molecule has 1 amide bonds. The summed E-state index contributed by atoms with van der Waals surface area (Å²) < 4.78 is 2.05. The Morgan fingerprint density at radius 2 is 1.73 bits per heavy atom. The van der Waals surface area contributed by atoms with Crippen LogP contribution in [-0.4, -0.2) is 72.8 Å². The van der Waals surface area contributed by atoms with Crippen molar-refractivity contribution in [3.05, 3.63) is 120 Å². The van der Waals surface area contributed by atoms with Crippen LogP contribution < -0.4 is 5.73 Å². The third-order valence-corrected chi connectivity index (χ3v) is 9.08. The highest BCUT2D eigenvalue weighted by Gasteiger charge is 2.27. The number of anilines is 1. The number of nitrogens with two attached hydrogens (primary N) is 1. The number of rotatable bonds is 8. The molecule has 3 N–H and O–H groups in total. The van der Waals surface area contributed by atoms with E-state index in [0.29, 0.717) is 23.5 Å². The van der Waals surface area contributed by atoms with Crippen molar-refractivity contribution < 1.29 is 14.7 Å². The summed E-state index contributed by atoms with van der Waals surface area (Å²) in [5, 5.41) is 10.0. The quantitative estimate of drug-likeness (QED) is 0.195. The normalized spacial score (nSPS) is 13.9. The number of carbonyl (C=O) groups is 2. The van der Waals surface area contributed by atoms with Crippen LogP contribution in [0.1, 0.15) is 39.1 Å². The lowest BCUT2D eigenvalue weighted by Crippen LogP contribution is -2.45. The number of phenols is 1. The van der Waals surface area contributed by atoms with E-state index < -0.39 is 0 Å². The predicted molar refractivity (Wildman–Crippen MR) is 186 cm³/mol. The molecule has 48 heavy (non-hydrogen) atoms. The van der Waals surface area contributed by atoms with Gasteiger partial charge in [0.1, 0.15) is 17.1 Å². The van der Waals surface area contributed by atoms with Crippen molar-refractivity contribution in [2.24, 2.45) is 0 Å². The Morgan fingerprint density at radius 1 is 0.958 bits per heavy atom. The number of hydrogen-bond donors (Lipinski definition) is 2. The van der Waals surface area contributed by atoms with E-state index in [-0.39, 0.29) is 23.3 Å². The van der Waals surface area contributed by atoms with Crippen LogP contribution in [0.4, 0.5) is 5.82 Å². The number of likely N-dealkylation sites (tertiary alicyclic amines) is 1. The SMILES string of the molecule is CN(C(=O)c1ccc(C=O)c(O)c1)C1CCN(Cc2ccc(-n3c(-c4cccnc4N)nc4ccc(-c5ccccc5)nc43)cc2)CC1. The van der Waals surface area contributed by atoms with Crippen molar-refractivity contribution in [2.75, 3.05) is 25.9 Å². The Kier molecular flexibility index (Phi) is 8.39. The number of benzene rings is 3. The second-order valence-electron chi connectivity index (χ2n) is 12.1. The number of aromatic nitrogens is 4. The molecule has 0 spiro atoms. The topological polar surface area (TPSA) is 130 Å². The molecule has 0 atom stereocenters. The molecule has 10 heteroatoms. The van der Waals surface area contributed by atoms with Gasteiger partial charge in [0.05, 0.1) is 16.8 Å². The highest BCUT2D eigenvalue weighted by atomic mass is 16.3. The van der Waals surface area contributed by atoms with Gasteiger partial charge in [-0.3, -0.25) is 19.1 Å². The number of carbonyl (C=O) groups excluding carboxylic acids is 2. The van der Waals surface area contributed by atoms with Gasteiger partial charge in [0.2, 0.25) is 0 Å². The number of aldehydes is 1. The maximum atomic E-state index is 13.1. The van der Waals surface area contributed by atoms with Crippen LogP contribution in [0.2, 0.25) is 0 Å². The fraction of sp³-hybridized carbons (Fsp3) is 0.184. The van der Waals surface area contributed by atoms with Gasteiger partial charge in [-0.05, 0) is 73.0 Å². The Balaban J connectivity index is 1.09. The van der Waals surface area contributed by atoms with Crippen LogP contribution in [-0.2, 0) is 6.54 Å². The highest BCUT2D eigenvalue weighted by molar-refractivity contribution is 5.96. The summed E-state index contributed by atoms with van der Waals surface area (Å²) in [4.78, 5) is 42.6. The van der Waals surface area contributed by atoms with Crippen LogP contribution in [0.3, 0.4) is 0 Å². The lowest BCUT2D eigenvalue weighted by atomic mass is 10.0. The molecule has 6 aromatic rings. The van der Waals surface area contributed by atoms with Crippen molar-refractivity contribution in [3.8, 4) is 34.1 Å². The maximum absolute atomic E-state index is 13.1. The second-order valence-corrected chi connectivity index (χ2v) is 12.1. The minimum Gasteiger partial charge on any atom is -0.507 e. The summed E-state index contributed by atoms with van der Waals surface area (Å²) in [6, 6.07) is 30.8. The predicted octanol–water partition coefficient (Wildman–Crippen LogP) is 5.99. The molecule has 3 aromatic heterocycles. The molecule has 4 heterocycles. The van der Waals surface area contributed by atoms with Crippen molar-refractivity contribution >= 4 is 29.2 Å². The lowest BCUT2D eigenvalue weighted by molar-refractivity contribution is 0.0635. The van der Waals surface area contributed by atoms with Gasteiger partial charge in [0.25, 0.3) is 5.91 Å². The molecule has 0 aliphatic carbocycles. The van der Waals surface area contributed by atoms with Crippen molar-refractivity contribution in [3.63, 3.8) is 0 Å². The summed E-state index contributed by atoms with van der Waals surface area (Å²) >= 11 is 0. The van der Waals surface area contributed by atoms with Crippen LogP contribution in [0.5, 0.6) is 5.75 Å². The van der Waals surface area contributed by atoms with Gasteiger partial charge in [-0.25, -0.2) is 15.0 Å². The standard InChI is InChI=1S/C38H35N7O3/c1-43(38(48)27-11-12-28(24-46)34(47)22-27)29-17-20-44(21-18-29)23-25-9-13-30(14-10-25)45-36(31-8-5-19-40-35(31)39)42-33-16-15-32(41-37(33)45)26-6-3-2-4-7-26/h2-16,19,22,24,29,47H,17-18,20-21,23H2,1H3,(H2,39,40). The van der Waals surface area contributed by atoms with Gasteiger partial charge in [-0.2, -0.15) is 0 Å². The van der Waals surface area contributed by atoms with Gasteiger partial charge >= 0.3 is 0 Å². The number of pyridine rings is 2. The maximum Gasteiger partial charge on any atom is 0.253 e. The van der Waals surface area contributed by atoms with Crippen LogP contribution >= 0.6 is 0 Å². The largest absolute Gasteiger partial charge is 0.507 e. The number of nitrogen functional groups attached to an aromatic ring is 1. The zero-order valence-corrected chi connectivity index (χ0v) is 26.5. The average molecular weight is 638 g/mol. The smallest absolute Gasteiger partial charge is 0.253 e. The van der Waals surface area contributed by atoms with Crippen LogP contribution in [0.15, 0.2) is 103 Å². The highest BCUT2D eigenvalue weighted by Crippen LogP contribution is 2.32. The number of fused-ring (bicyclic) bond motifs is 1. The minimum atomic E-state index is -0.183. The first-order valence-electron chi connectivity index (χ1n) is 15.9. The number of aromatic hydroxyl groups is 1. The molecule has 0 bridgehead atoms. The molecule has 0 unspecified atom stereocenters. The number of amides is 1. The fourth-order valence-electron chi connectivity index (χ4n) is 6.38.